The van der Waals surface area contributed by atoms with Crippen LogP contribution in [-0.4, -0.2) is 86.4 Å². The fourth-order valence-corrected chi connectivity index (χ4v) is 3.52. The summed E-state index contributed by atoms with van der Waals surface area (Å²) in [6.07, 6.45) is 0.690. The molecular formula is C20H28N2O6. The summed E-state index contributed by atoms with van der Waals surface area (Å²) in [6, 6.07) is 5.68. The standard InChI is InChI=1S/C20H28N2O6/c1-26-17-3-2-15(4-5-22-14-16(20(24)25)12-19(22)23)18(13-17)28-11-8-21-6-9-27-10-7-21/h2-3,13,16H,4-12,14H2,1H3,(H,24,25). The highest BCUT2D eigenvalue weighted by molar-refractivity contribution is 5.86. The Morgan fingerprint density at radius 3 is 2.75 bits per heavy atom. The molecule has 1 unspecified atom stereocenters. The third-order valence-electron chi connectivity index (χ3n) is 5.26. The second kappa shape index (κ2) is 9.75. The maximum atomic E-state index is 12.0. The van der Waals surface area contributed by atoms with Crippen molar-refractivity contribution in [2.75, 3.05) is 59.7 Å². The van der Waals surface area contributed by atoms with Crippen LogP contribution in [-0.2, 0) is 20.7 Å². The first-order valence-corrected chi connectivity index (χ1v) is 9.67. The predicted molar refractivity (Wildman–Crippen MR) is 102 cm³/mol. The van der Waals surface area contributed by atoms with Crippen molar-refractivity contribution in [2.45, 2.75) is 12.8 Å². The number of benzene rings is 1. The van der Waals surface area contributed by atoms with E-state index in [0.29, 0.717) is 25.3 Å². The summed E-state index contributed by atoms with van der Waals surface area (Å²) in [7, 11) is 1.61. The molecule has 1 atom stereocenters. The Kier molecular flexibility index (Phi) is 7.11. The van der Waals surface area contributed by atoms with E-state index in [-0.39, 0.29) is 18.9 Å². The summed E-state index contributed by atoms with van der Waals surface area (Å²) in [5, 5.41) is 9.12. The highest BCUT2D eigenvalue weighted by atomic mass is 16.5. The lowest BCUT2D eigenvalue weighted by molar-refractivity contribution is -0.141. The van der Waals surface area contributed by atoms with Gasteiger partial charge in [-0.25, -0.2) is 0 Å². The SMILES string of the molecule is COc1ccc(CCN2CC(C(=O)O)CC2=O)c(OCCN2CCOCC2)c1. The molecule has 0 aliphatic carbocycles. The fraction of sp³-hybridized carbons (Fsp3) is 0.600. The summed E-state index contributed by atoms with van der Waals surface area (Å²) >= 11 is 0. The number of nitrogens with zero attached hydrogens (tertiary/aromatic N) is 2. The number of carboxylic acid groups (broad SMARTS) is 1. The number of likely N-dealkylation sites (tertiary alicyclic amines) is 1. The largest absolute Gasteiger partial charge is 0.497 e. The van der Waals surface area contributed by atoms with Crippen LogP contribution in [0.25, 0.3) is 0 Å². The van der Waals surface area contributed by atoms with Crippen molar-refractivity contribution in [3.63, 3.8) is 0 Å². The molecule has 0 aromatic heterocycles. The van der Waals surface area contributed by atoms with Gasteiger partial charge in [0.15, 0.2) is 0 Å². The molecule has 8 heteroatoms. The zero-order chi connectivity index (χ0) is 19.9. The molecule has 2 saturated heterocycles. The number of amides is 1. The van der Waals surface area contributed by atoms with Gasteiger partial charge in [0.05, 0.1) is 26.2 Å². The van der Waals surface area contributed by atoms with Gasteiger partial charge in [-0.1, -0.05) is 6.07 Å². The zero-order valence-electron chi connectivity index (χ0n) is 16.3. The van der Waals surface area contributed by atoms with Crippen LogP contribution in [0.15, 0.2) is 18.2 Å². The van der Waals surface area contributed by atoms with E-state index >= 15 is 0 Å². The van der Waals surface area contributed by atoms with Crippen LogP contribution in [0.5, 0.6) is 11.5 Å². The van der Waals surface area contributed by atoms with Gasteiger partial charge in [-0.3, -0.25) is 14.5 Å². The van der Waals surface area contributed by atoms with E-state index in [1.54, 1.807) is 12.0 Å². The van der Waals surface area contributed by atoms with Crippen LogP contribution in [0, 0.1) is 5.92 Å². The van der Waals surface area contributed by atoms with Crippen LogP contribution in [0.3, 0.4) is 0 Å². The fourth-order valence-electron chi connectivity index (χ4n) is 3.52. The minimum atomic E-state index is -0.910. The second-order valence-corrected chi connectivity index (χ2v) is 7.11. The number of hydrogen-bond donors (Lipinski definition) is 1. The number of morpholine rings is 1. The Hall–Kier alpha value is -2.32. The Morgan fingerprint density at radius 1 is 1.29 bits per heavy atom. The Morgan fingerprint density at radius 2 is 2.07 bits per heavy atom. The highest BCUT2D eigenvalue weighted by Gasteiger charge is 2.33. The van der Waals surface area contributed by atoms with E-state index < -0.39 is 11.9 Å². The van der Waals surface area contributed by atoms with Gasteiger partial charge in [0.2, 0.25) is 5.91 Å². The van der Waals surface area contributed by atoms with Crippen molar-refractivity contribution in [2.24, 2.45) is 5.92 Å². The summed E-state index contributed by atoms with van der Waals surface area (Å²) < 4.78 is 16.7. The number of rotatable bonds is 9. The first kappa shape index (κ1) is 20.4. The number of aliphatic carboxylic acids is 1. The van der Waals surface area contributed by atoms with Crippen LogP contribution in [0.4, 0.5) is 0 Å². The molecule has 2 fully saturated rings. The number of methoxy groups -OCH3 is 1. The average molecular weight is 392 g/mol. The molecule has 2 aliphatic rings. The molecule has 0 radical (unpaired) electrons. The van der Waals surface area contributed by atoms with E-state index in [2.05, 4.69) is 4.90 Å². The molecule has 1 amide bonds. The number of ether oxygens (including phenoxy) is 3. The van der Waals surface area contributed by atoms with Gasteiger partial charge in [0.1, 0.15) is 18.1 Å². The minimum Gasteiger partial charge on any atom is -0.497 e. The monoisotopic (exact) mass is 392 g/mol. The zero-order valence-corrected chi connectivity index (χ0v) is 16.3. The van der Waals surface area contributed by atoms with Crippen molar-refractivity contribution >= 4 is 11.9 Å². The summed E-state index contributed by atoms with van der Waals surface area (Å²) in [4.78, 5) is 27.1. The lowest BCUT2D eigenvalue weighted by Gasteiger charge is -2.26. The first-order valence-electron chi connectivity index (χ1n) is 9.67. The highest BCUT2D eigenvalue weighted by Crippen LogP contribution is 2.26. The molecule has 3 rings (SSSR count). The molecule has 0 saturated carbocycles. The summed E-state index contributed by atoms with van der Waals surface area (Å²) in [6.45, 7) is 5.48. The van der Waals surface area contributed by atoms with Crippen molar-refractivity contribution in [3.8, 4) is 11.5 Å². The summed E-state index contributed by atoms with van der Waals surface area (Å²) in [5.74, 6) is -0.155. The molecule has 28 heavy (non-hydrogen) atoms. The molecule has 2 heterocycles. The van der Waals surface area contributed by atoms with Crippen LogP contribution >= 0.6 is 0 Å². The topological polar surface area (TPSA) is 88.5 Å². The number of carboxylic acids is 1. The van der Waals surface area contributed by atoms with Crippen LogP contribution in [0.2, 0.25) is 0 Å². The Labute approximate surface area is 165 Å². The quantitative estimate of drug-likeness (QED) is 0.667. The molecule has 0 spiro atoms. The minimum absolute atomic E-state index is 0.0842. The maximum absolute atomic E-state index is 12.0. The molecule has 154 valence electrons. The predicted octanol–water partition coefficient (Wildman–Crippen LogP) is 0.882. The van der Waals surface area contributed by atoms with E-state index in [1.165, 1.54) is 0 Å². The third kappa shape index (κ3) is 5.36. The average Bonchev–Trinajstić information content (AvgIpc) is 3.08. The molecule has 0 bridgehead atoms. The smallest absolute Gasteiger partial charge is 0.308 e. The lowest BCUT2D eigenvalue weighted by Crippen LogP contribution is -2.38. The van der Waals surface area contributed by atoms with Crippen molar-refractivity contribution in [3.05, 3.63) is 23.8 Å². The van der Waals surface area contributed by atoms with Gasteiger partial charge in [0.25, 0.3) is 0 Å². The second-order valence-electron chi connectivity index (χ2n) is 7.11. The third-order valence-corrected chi connectivity index (χ3v) is 5.26. The van der Waals surface area contributed by atoms with E-state index in [4.69, 9.17) is 19.3 Å². The van der Waals surface area contributed by atoms with Crippen molar-refractivity contribution < 1.29 is 28.9 Å². The van der Waals surface area contributed by atoms with Crippen molar-refractivity contribution in [1.29, 1.82) is 0 Å². The van der Waals surface area contributed by atoms with E-state index in [9.17, 15) is 9.59 Å². The van der Waals surface area contributed by atoms with Gasteiger partial charge < -0.3 is 24.2 Å². The van der Waals surface area contributed by atoms with E-state index in [0.717, 1.165) is 44.2 Å². The normalized spacial score (nSPS) is 20.4. The summed E-state index contributed by atoms with van der Waals surface area (Å²) in [5.41, 5.74) is 0.981. The number of hydrogen-bond acceptors (Lipinski definition) is 6. The van der Waals surface area contributed by atoms with Gasteiger partial charge in [-0.05, 0) is 18.1 Å². The molecule has 1 aromatic carbocycles. The molecule has 1 N–H and O–H groups in total. The van der Waals surface area contributed by atoms with E-state index in [1.807, 2.05) is 18.2 Å². The number of carbonyl (C=O) groups is 2. The van der Waals surface area contributed by atoms with Gasteiger partial charge in [-0.15, -0.1) is 0 Å². The molecular weight excluding hydrogens is 364 g/mol. The van der Waals surface area contributed by atoms with Gasteiger partial charge >= 0.3 is 5.97 Å². The maximum Gasteiger partial charge on any atom is 0.308 e. The molecule has 1 aromatic rings. The molecule has 2 aliphatic heterocycles. The molecule has 8 nitrogen and oxygen atoms in total. The number of carbonyl (C=O) groups excluding carboxylic acids is 1. The van der Waals surface area contributed by atoms with Crippen LogP contribution < -0.4 is 9.47 Å². The van der Waals surface area contributed by atoms with Crippen molar-refractivity contribution in [1.82, 2.24) is 9.80 Å². The lowest BCUT2D eigenvalue weighted by atomic mass is 10.1. The van der Waals surface area contributed by atoms with Gasteiger partial charge in [-0.2, -0.15) is 0 Å². The Bertz CT molecular complexity index is 689. The van der Waals surface area contributed by atoms with Gasteiger partial charge in [0, 0.05) is 45.2 Å². The van der Waals surface area contributed by atoms with Crippen LogP contribution in [0.1, 0.15) is 12.0 Å². The Balaban J connectivity index is 1.57. The first-order chi connectivity index (χ1) is 13.6.